The minimum Gasteiger partial charge on any atom is -0.337 e. The third-order valence-electron chi connectivity index (χ3n) is 5.48. The molecule has 1 aromatic carbocycles. The van der Waals surface area contributed by atoms with E-state index in [-0.39, 0.29) is 23.9 Å². The maximum Gasteiger partial charge on any atom is 0.263 e. The van der Waals surface area contributed by atoms with Crippen molar-refractivity contribution in [2.24, 2.45) is 5.92 Å². The van der Waals surface area contributed by atoms with Crippen LogP contribution in [-0.2, 0) is 11.3 Å². The second-order valence-electron chi connectivity index (χ2n) is 8.01. The van der Waals surface area contributed by atoms with Crippen LogP contribution in [0, 0.1) is 17.2 Å². The van der Waals surface area contributed by atoms with Crippen LogP contribution in [-0.4, -0.2) is 26.2 Å². The summed E-state index contributed by atoms with van der Waals surface area (Å²) in [5, 5.41) is 14.8. The van der Waals surface area contributed by atoms with Gasteiger partial charge in [0.25, 0.3) is 5.56 Å². The van der Waals surface area contributed by atoms with Crippen LogP contribution in [0.1, 0.15) is 27.7 Å². The summed E-state index contributed by atoms with van der Waals surface area (Å²) in [5.41, 5.74) is 0.683. The maximum absolute atomic E-state index is 13.4. The molecule has 2 heterocycles. The zero-order chi connectivity index (χ0) is 23.5. The van der Waals surface area contributed by atoms with Crippen molar-refractivity contribution in [3.63, 3.8) is 0 Å². The Morgan fingerprint density at radius 2 is 2.06 bits per heavy atom. The van der Waals surface area contributed by atoms with Gasteiger partial charge in [0.1, 0.15) is 10.4 Å². The zero-order valence-electron chi connectivity index (χ0n) is 18.6. The normalized spacial score (nSPS) is 14.0. The van der Waals surface area contributed by atoms with Crippen LogP contribution in [0.15, 0.2) is 58.3 Å². The number of carbonyl (C=O) groups is 1. The van der Waals surface area contributed by atoms with E-state index in [4.69, 9.17) is 4.98 Å². The molecular weight excluding hydrogens is 440 g/mol. The van der Waals surface area contributed by atoms with E-state index in [9.17, 15) is 14.9 Å². The number of benzene rings is 1. The summed E-state index contributed by atoms with van der Waals surface area (Å²) >= 11 is 2.61. The summed E-state index contributed by atoms with van der Waals surface area (Å²) in [4.78, 5) is 31.6. The molecule has 6 nitrogen and oxygen atoms in total. The number of hydrogen-bond acceptors (Lipinski definition) is 6. The Morgan fingerprint density at radius 3 is 2.66 bits per heavy atom. The lowest BCUT2D eigenvalue weighted by atomic mass is 9.90. The summed E-state index contributed by atoms with van der Waals surface area (Å²) in [7, 11) is 0. The van der Waals surface area contributed by atoms with Gasteiger partial charge in [-0.05, 0) is 25.3 Å². The van der Waals surface area contributed by atoms with E-state index in [1.807, 2.05) is 49.6 Å². The second-order valence-corrected chi connectivity index (χ2v) is 10.2. The van der Waals surface area contributed by atoms with Gasteiger partial charge in [0.2, 0.25) is 5.91 Å². The number of aromatic nitrogens is 2. The first kappa shape index (κ1) is 23.8. The first-order chi connectivity index (χ1) is 15.2. The number of fused-ring (bicyclic) bond motifs is 1. The number of rotatable bonds is 8. The molecule has 0 bridgehead atoms. The van der Waals surface area contributed by atoms with E-state index in [2.05, 4.69) is 18.0 Å². The molecule has 0 aliphatic rings. The molecule has 0 fully saturated rings. The minimum atomic E-state index is -0.970. The van der Waals surface area contributed by atoms with Gasteiger partial charge in [0, 0.05) is 17.5 Å². The van der Waals surface area contributed by atoms with Crippen molar-refractivity contribution in [2.75, 3.05) is 0 Å². The first-order valence-electron chi connectivity index (χ1n) is 10.3. The summed E-state index contributed by atoms with van der Waals surface area (Å²) in [6, 6.07) is 11.9. The molecule has 0 radical (unpaired) electrons. The average Bonchev–Trinajstić information content (AvgIpc) is 3.20. The Hall–Kier alpha value is -2.89. The van der Waals surface area contributed by atoms with Crippen LogP contribution in [0.5, 0.6) is 0 Å². The lowest BCUT2D eigenvalue weighted by molar-refractivity contribution is -0.121. The number of thiophene rings is 1. The van der Waals surface area contributed by atoms with Crippen LogP contribution < -0.4 is 10.9 Å². The zero-order valence-corrected chi connectivity index (χ0v) is 20.2. The highest BCUT2D eigenvalue weighted by Gasteiger charge is 2.32. The fourth-order valence-electron chi connectivity index (χ4n) is 3.09. The van der Waals surface area contributed by atoms with Crippen LogP contribution in [0.2, 0.25) is 0 Å². The van der Waals surface area contributed by atoms with E-state index >= 15 is 0 Å². The van der Waals surface area contributed by atoms with E-state index < -0.39 is 10.8 Å². The molecule has 0 saturated heterocycles. The van der Waals surface area contributed by atoms with Crippen LogP contribution in [0.3, 0.4) is 0 Å². The Bertz CT molecular complexity index is 1240. The number of hydrogen-bond donors (Lipinski definition) is 1. The molecule has 2 aromatic heterocycles. The van der Waals surface area contributed by atoms with Crippen molar-refractivity contribution in [1.29, 1.82) is 5.26 Å². The molecule has 2 unspecified atom stereocenters. The van der Waals surface area contributed by atoms with Crippen LogP contribution >= 0.6 is 23.1 Å². The third-order valence-corrected chi connectivity index (χ3v) is 7.44. The third kappa shape index (κ3) is 4.64. The Kier molecular flexibility index (Phi) is 7.22. The Balaban J connectivity index is 1.99. The number of nitriles is 1. The van der Waals surface area contributed by atoms with Crippen molar-refractivity contribution >= 4 is 39.2 Å². The fourth-order valence-corrected chi connectivity index (χ4v) is 4.99. The highest BCUT2D eigenvalue weighted by molar-refractivity contribution is 8.00. The molecule has 0 aliphatic heterocycles. The van der Waals surface area contributed by atoms with Gasteiger partial charge in [-0.1, -0.05) is 62.0 Å². The van der Waals surface area contributed by atoms with Gasteiger partial charge >= 0.3 is 0 Å². The van der Waals surface area contributed by atoms with Crippen molar-refractivity contribution in [3.8, 4) is 17.2 Å². The molecule has 32 heavy (non-hydrogen) atoms. The van der Waals surface area contributed by atoms with Crippen molar-refractivity contribution in [2.45, 2.75) is 50.2 Å². The van der Waals surface area contributed by atoms with E-state index in [0.29, 0.717) is 15.4 Å². The number of thioether (sulfide) groups is 1. The number of amides is 1. The number of nitrogens with one attached hydrogen (secondary N) is 1. The van der Waals surface area contributed by atoms with Crippen LogP contribution in [0.25, 0.3) is 21.3 Å². The quantitative estimate of drug-likeness (QED) is 0.291. The van der Waals surface area contributed by atoms with Crippen molar-refractivity contribution < 1.29 is 4.79 Å². The highest BCUT2D eigenvalue weighted by atomic mass is 32.2. The van der Waals surface area contributed by atoms with Gasteiger partial charge in [-0.2, -0.15) is 5.26 Å². The molecule has 0 spiro atoms. The molecule has 3 rings (SSSR count). The van der Waals surface area contributed by atoms with Gasteiger partial charge in [0.15, 0.2) is 5.16 Å². The average molecular weight is 467 g/mol. The molecule has 0 saturated carbocycles. The molecule has 166 valence electrons. The predicted molar refractivity (Wildman–Crippen MR) is 132 cm³/mol. The standard InChI is InChI=1S/C24H26N4O2S2/c1-6-12-28-22(30)19-18(17-10-8-7-9-11-17)13-31-21(19)26-23(28)32-16(4)20(29)27-24(5,14-25)15(2)3/h6-11,13,15-16H,1,12H2,2-5H3,(H,27,29). The lowest BCUT2D eigenvalue weighted by Crippen LogP contribution is -2.51. The Morgan fingerprint density at radius 1 is 1.38 bits per heavy atom. The van der Waals surface area contributed by atoms with Gasteiger partial charge in [-0.3, -0.25) is 14.2 Å². The van der Waals surface area contributed by atoms with Crippen molar-refractivity contribution in [3.05, 3.63) is 58.7 Å². The van der Waals surface area contributed by atoms with E-state index in [1.165, 1.54) is 23.1 Å². The summed E-state index contributed by atoms with van der Waals surface area (Å²) in [6.07, 6.45) is 1.64. The van der Waals surface area contributed by atoms with Crippen LogP contribution in [0.4, 0.5) is 0 Å². The molecule has 8 heteroatoms. The molecule has 1 N–H and O–H groups in total. The first-order valence-corrected chi connectivity index (χ1v) is 12.1. The lowest BCUT2D eigenvalue weighted by Gasteiger charge is -2.28. The Labute approximate surface area is 196 Å². The van der Waals surface area contributed by atoms with Crippen molar-refractivity contribution in [1.82, 2.24) is 14.9 Å². The fraction of sp³-hybridized carbons (Fsp3) is 0.333. The summed E-state index contributed by atoms with van der Waals surface area (Å²) in [5.74, 6) is -0.326. The molecule has 1 amide bonds. The topological polar surface area (TPSA) is 87.8 Å². The smallest absolute Gasteiger partial charge is 0.263 e. The SMILES string of the molecule is C=CCn1c(SC(C)C(=O)NC(C)(C#N)C(C)C)nc2scc(-c3ccccc3)c2c1=O. The van der Waals surface area contributed by atoms with Gasteiger partial charge in [-0.25, -0.2) is 4.98 Å². The largest absolute Gasteiger partial charge is 0.337 e. The summed E-state index contributed by atoms with van der Waals surface area (Å²) in [6.45, 7) is 11.3. The molecule has 2 atom stereocenters. The van der Waals surface area contributed by atoms with Gasteiger partial charge in [-0.15, -0.1) is 17.9 Å². The molecule has 0 aliphatic carbocycles. The molecular formula is C24H26N4O2S2. The predicted octanol–water partition coefficient (Wildman–Crippen LogP) is 4.85. The second kappa shape index (κ2) is 9.72. The van der Waals surface area contributed by atoms with E-state index in [0.717, 1.165) is 11.1 Å². The number of carbonyl (C=O) groups excluding carboxylic acids is 1. The monoisotopic (exact) mass is 466 g/mol. The van der Waals surface area contributed by atoms with E-state index in [1.54, 1.807) is 24.5 Å². The molecule has 3 aromatic rings. The summed E-state index contributed by atoms with van der Waals surface area (Å²) < 4.78 is 1.55. The van der Waals surface area contributed by atoms with Gasteiger partial charge in [0.05, 0.1) is 16.7 Å². The highest BCUT2D eigenvalue weighted by Crippen LogP contribution is 2.33. The van der Waals surface area contributed by atoms with Gasteiger partial charge < -0.3 is 5.32 Å². The number of allylic oxidation sites excluding steroid dienone is 1. The minimum absolute atomic E-state index is 0.0513. The maximum atomic E-state index is 13.4. The number of nitrogens with zero attached hydrogens (tertiary/aromatic N) is 3.